The zero-order valence-corrected chi connectivity index (χ0v) is 15.2. The first-order chi connectivity index (χ1) is 12.3. The highest BCUT2D eigenvalue weighted by molar-refractivity contribution is 7.81. The number of benzene rings is 2. The van der Waals surface area contributed by atoms with Gasteiger partial charge >= 0.3 is 0 Å². The van der Waals surface area contributed by atoms with Crippen LogP contribution in [-0.2, 0) is 4.79 Å². The highest BCUT2D eigenvalue weighted by atomic mass is 32.1. The van der Waals surface area contributed by atoms with E-state index in [4.69, 9.17) is 24.5 Å². The smallest absolute Gasteiger partial charge is 0.277 e. The molecule has 2 aromatic rings. The molecule has 0 aliphatic carbocycles. The quantitative estimate of drug-likeness (QED) is 0.664. The fourth-order valence-corrected chi connectivity index (χ4v) is 3.39. The van der Waals surface area contributed by atoms with Crippen molar-refractivity contribution in [1.82, 2.24) is 0 Å². The molecule has 1 fully saturated rings. The van der Waals surface area contributed by atoms with Crippen molar-refractivity contribution in [2.45, 2.75) is 19.5 Å². The number of carbonyl (C=O) groups excluding carboxylic acids is 1. The standard InChI is InChI=1S/C19H17FN4OS/c1-12-4-6-14(7-5-12)24-18(26)23(17(25)19(24,21)11-20)15-8-9-16(22-3)13(2)10-15/h4-10H,11,21H2,1-2H3. The van der Waals surface area contributed by atoms with Crippen LogP contribution < -0.4 is 15.5 Å². The van der Waals surface area contributed by atoms with E-state index in [1.54, 1.807) is 37.3 Å². The molecule has 0 saturated carbocycles. The number of halogens is 1. The van der Waals surface area contributed by atoms with Gasteiger partial charge in [0.2, 0.25) is 5.66 Å². The van der Waals surface area contributed by atoms with Crippen LogP contribution in [0.2, 0.25) is 0 Å². The van der Waals surface area contributed by atoms with Crippen LogP contribution >= 0.6 is 12.2 Å². The number of nitrogens with two attached hydrogens (primary N) is 1. The number of anilines is 2. The second-order valence-corrected chi connectivity index (χ2v) is 6.60. The Bertz CT molecular complexity index is 938. The van der Waals surface area contributed by atoms with Crippen molar-refractivity contribution < 1.29 is 9.18 Å². The van der Waals surface area contributed by atoms with Gasteiger partial charge in [-0.3, -0.25) is 20.3 Å². The Morgan fingerprint density at radius 1 is 1.19 bits per heavy atom. The van der Waals surface area contributed by atoms with Crippen molar-refractivity contribution in [3.63, 3.8) is 0 Å². The average molecular weight is 368 g/mol. The molecule has 0 aromatic heterocycles. The Labute approximate surface area is 156 Å². The Kier molecular flexibility index (Phi) is 4.48. The van der Waals surface area contributed by atoms with Crippen LogP contribution in [0.4, 0.5) is 21.5 Å². The summed E-state index contributed by atoms with van der Waals surface area (Å²) in [5.74, 6) is -0.638. The zero-order chi connectivity index (χ0) is 19.1. The summed E-state index contributed by atoms with van der Waals surface area (Å²) in [6.07, 6.45) is 0. The van der Waals surface area contributed by atoms with E-state index in [9.17, 15) is 9.18 Å². The van der Waals surface area contributed by atoms with E-state index in [0.717, 1.165) is 5.56 Å². The van der Waals surface area contributed by atoms with Crippen LogP contribution in [0.1, 0.15) is 11.1 Å². The van der Waals surface area contributed by atoms with Gasteiger partial charge in [0.05, 0.1) is 6.57 Å². The van der Waals surface area contributed by atoms with Crippen LogP contribution in [0.15, 0.2) is 42.5 Å². The number of rotatable bonds is 3. The number of amides is 1. The van der Waals surface area contributed by atoms with E-state index in [-0.39, 0.29) is 5.11 Å². The normalized spacial score (nSPS) is 19.8. The van der Waals surface area contributed by atoms with Gasteiger partial charge in [0, 0.05) is 11.4 Å². The third-order valence-corrected chi connectivity index (χ3v) is 4.78. The van der Waals surface area contributed by atoms with Crippen molar-refractivity contribution >= 4 is 40.3 Å². The average Bonchev–Trinajstić information content (AvgIpc) is 2.82. The molecule has 7 heteroatoms. The second kappa shape index (κ2) is 6.48. The molecule has 0 radical (unpaired) electrons. The third kappa shape index (κ3) is 2.64. The van der Waals surface area contributed by atoms with Crippen LogP contribution in [0.5, 0.6) is 0 Å². The first-order valence-electron chi connectivity index (χ1n) is 7.92. The second-order valence-electron chi connectivity index (χ2n) is 6.23. The molecule has 1 aliphatic rings. The Hall–Kier alpha value is -2.82. The number of carbonyl (C=O) groups is 1. The van der Waals surface area contributed by atoms with Crippen molar-refractivity contribution in [3.05, 3.63) is 65.0 Å². The number of nitrogens with zero attached hydrogens (tertiary/aromatic N) is 3. The van der Waals surface area contributed by atoms with Gasteiger partial charge in [-0.25, -0.2) is 9.24 Å². The number of alkyl halides is 1. The van der Waals surface area contributed by atoms with Gasteiger partial charge < -0.3 is 0 Å². The van der Waals surface area contributed by atoms with Gasteiger partial charge in [0.1, 0.15) is 6.67 Å². The van der Waals surface area contributed by atoms with Crippen molar-refractivity contribution in [2.75, 3.05) is 16.5 Å². The molecule has 1 atom stereocenters. The summed E-state index contributed by atoms with van der Waals surface area (Å²) in [5, 5.41) is 0.106. The van der Waals surface area contributed by atoms with Crippen LogP contribution in [0.3, 0.4) is 0 Å². The van der Waals surface area contributed by atoms with Gasteiger partial charge in [-0.15, -0.1) is 0 Å². The molecule has 1 aliphatic heterocycles. The van der Waals surface area contributed by atoms with Gasteiger partial charge in [0.15, 0.2) is 10.8 Å². The number of aryl methyl sites for hydroxylation is 2. The molecule has 0 spiro atoms. The summed E-state index contributed by atoms with van der Waals surface area (Å²) < 4.78 is 13.9. The van der Waals surface area contributed by atoms with Crippen LogP contribution in [0.25, 0.3) is 4.85 Å². The first-order valence-corrected chi connectivity index (χ1v) is 8.32. The van der Waals surface area contributed by atoms with E-state index in [0.29, 0.717) is 22.6 Å². The fraction of sp³-hybridized carbons (Fsp3) is 0.211. The lowest BCUT2D eigenvalue weighted by molar-refractivity contribution is -0.121. The van der Waals surface area contributed by atoms with Crippen molar-refractivity contribution in [2.24, 2.45) is 5.73 Å². The highest BCUT2D eigenvalue weighted by Gasteiger charge is 2.54. The van der Waals surface area contributed by atoms with Crippen molar-refractivity contribution in [1.29, 1.82) is 0 Å². The zero-order valence-electron chi connectivity index (χ0n) is 14.4. The van der Waals surface area contributed by atoms with Crippen LogP contribution in [-0.4, -0.2) is 23.4 Å². The lowest BCUT2D eigenvalue weighted by atomic mass is 10.1. The Morgan fingerprint density at radius 2 is 1.81 bits per heavy atom. The number of hydrogen-bond donors (Lipinski definition) is 1. The summed E-state index contributed by atoms with van der Waals surface area (Å²) in [4.78, 5) is 18.9. The summed E-state index contributed by atoms with van der Waals surface area (Å²) in [6, 6.07) is 12.1. The van der Waals surface area contributed by atoms with Gasteiger partial charge in [-0.2, -0.15) is 0 Å². The molecule has 1 saturated heterocycles. The lowest BCUT2D eigenvalue weighted by Gasteiger charge is -2.30. The lowest BCUT2D eigenvalue weighted by Crippen LogP contribution is -2.59. The van der Waals surface area contributed by atoms with E-state index in [1.165, 1.54) is 9.80 Å². The molecule has 3 rings (SSSR count). The van der Waals surface area contributed by atoms with E-state index in [1.807, 2.05) is 19.1 Å². The summed E-state index contributed by atoms with van der Waals surface area (Å²) >= 11 is 5.48. The maximum atomic E-state index is 13.9. The minimum absolute atomic E-state index is 0.106. The third-order valence-electron chi connectivity index (χ3n) is 4.41. The molecule has 2 aromatic carbocycles. The summed E-state index contributed by atoms with van der Waals surface area (Å²) in [5.41, 5.74) is 7.46. The first kappa shape index (κ1) is 18.0. The number of thiocarbonyl (C=S) groups is 1. The number of hydrogen-bond acceptors (Lipinski definition) is 3. The molecule has 26 heavy (non-hydrogen) atoms. The molecule has 1 heterocycles. The Morgan fingerprint density at radius 3 is 2.35 bits per heavy atom. The molecule has 1 amide bonds. The monoisotopic (exact) mass is 368 g/mol. The van der Waals surface area contributed by atoms with Crippen LogP contribution in [0, 0.1) is 20.4 Å². The predicted octanol–water partition coefficient (Wildman–Crippen LogP) is 3.62. The maximum Gasteiger partial charge on any atom is 0.277 e. The summed E-state index contributed by atoms with van der Waals surface area (Å²) in [6.45, 7) is 9.74. The van der Waals surface area contributed by atoms with E-state index < -0.39 is 18.2 Å². The van der Waals surface area contributed by atoms with Gasteiger partial charge in [0.25, 0.3) is 5.91 Å². The summed E-state index contributed by atoms with van der Waals surface area (Å²) in [7, 11) is 0. The minimum Gasteiger partial charge on any atom is -0.298 e. The minimum atomic E-state index is -1.90. The molecular weight excluding hydrogens is 351 g/mol. The van der Waals surface area contributed by atoms with E-state index >= 15 is 0 Å². The molecule has 1 unspecified atom stereocenters. The highest BCUT2D eigenvalue weighted by Crippen LogP contribution is 2.35. The largest absolute Gasteiger partial charge is 0.298 e. The molecular formula is C19H17FN4OS. The molecule has 132 valence electrons. The Balaban J connectivity index is 2.10. The molecule has 5 nitrogen and oxygen atoms in total. The maximum absolute atomic E-state index is 13.9. The molecule has 2 N–H and O–H groups in total. The predicted molar refractivity (Wildman–Crippen MR) is 104 cm³/mol. The van der Waals surface area contributed by atoms with Gasteiger partial charge in [-0.05, 0) is 55.9 Å². The SMILES string of the molecule is [C-]#[N+]c1ccc(N2C(=O)C(N)(CF)N(c3ccc(C)cc3)C2=S)cc1C. The van der Waals surface area contributed by atoms with E-state index in [2.05, 4.69) is 4.85 Å². The van der Waals surface area contributed by atoms with Gasteiger partial charge in [-0.1, -0.05) is 23.8 Å². The van der Waals surface area contributed by atoms with Crippen molar-refractivity contribution in [3.8, 4) is 0 Å². The topological polar surface area (TPSA) is 53.9 Å². The fourth-order valence-electron chi connectivity index (χ4n) is 2.93. The molecule has 0 bridgehead atoms.